The van der Waals surface area contributed by atoms with E-state index in [1.807, 2.05) is 0 Å². The highest BCUT2D eigenvalue weighted by Gasteiger charge is 2.29. The minimum atomic E-state index is -3.84. The molecule has 0 fully saturated rings. The number of rotatable bonds is 8. The van der Waals surface area contributed by atoms with Crippen molar-refractivity contribution in [1.29, 1.82) is 0 Å². The fourth-order valence-corrected chi connectivity index (χ4v) is 3.10. The average molecular weight is 448 g/mol. The molecule has 0 aliphatic heterocycles. The van der Waals surface area contributed by atoms with Gasteiger partial charge < -0.3 is 15.4 Å². The van der Waals surface area contributed by atoms with Crippen LogP contribution in [0, 0.1) is 5.92 Å². The second kappa shape index (κ2) is 10.2. The van der Waals surface area contributed by atoms with E-state index in [0.29, 0.717) is 11.3 Å². The Labute approximate surface area is 181 Å². The normalized spacial score (nSPS) is 13.2. The standard InChI is InChI=1S/C21H25N3O6S/c1-13(2)18(24-20(26)15-7-5-4-6-8-15)21(27)30-14(3)19(25)23-16-9-11-17(12-10-16)31(22,28)29/h4-14,18H,1-3H3,(H,23,25)(H,24,26)(H2,22,28,29)/t14-,18+/m1/s1. The third kappa shape index (κ3) is 6.90. The molecule has 0 spiro atoms. The van der Waals surface area contributed by atoms with Gasteiger partial charge in [0.1, 0.15) is 6.04 Å². The van der Waals surface area contributed by atoms with Gasteiger partial charge in [-0.1, -0.05) is 32.0 Å². The first kappa shape index (κ1) is 24.0. The van der Waals surface area contributed by atoms with Crippen LogP contribution >= 0.6 is 0 Å². The van der Waals surface area contributed by atoms with Gasteiger partial charge in [0.15, 0.2) is 6.10 Å². The van der Waals surface area contributed by atoms with E-state index in [2.05, 4.69) is 10.6 Å². The largest absolute Gasteiger partial charge is 0.451 e. The Morgan fingerprint density at radius 3 is 2.03 bits per heavy atom. The fourth-order valence-electron chi connectivity index (χ4n) is 2.58. The third-order valence-corrected chi connectivity index (χ3v) is 5.28. The number of amides is 2. The van der Waals surface area contributed by atoms with Crippen molar-refractivity contribution in [3.63, 3.8) is 0 Å². The molecule has 0 bridgehead atoms. The zero-order chi connectivity index (χ0) is 23.2. The van der Waals surface area contributed by atoms with Crippen LogP contribution in [-0.4, -0.2) is 38.3 Å². The minimum Gasteiger partial charge on any atom is -0.451 e. The number of anilines is 1. The number of ether oxygens (including phenoxy) is 1. The molecule has 0 unspecified atom stereocenters. The van der Waals surface area contributed by atoms with Crippen LogP contribution in [0.2, 0.25) is 0 Å². The number of primary sulfonamides is 1. The number of hydrogen-bond acceptors (Lipinski definition) is 6. The SMILES string of the molecule is CC(C)[C@H](NC(=O)c1ccccc1)C(=O)O[C@H](C)C(=O)Nc1ccc(S(N)(=O)=O)cc1. The second-order valence-corrected chi connectivity index (χ2v) is 8.76. The van der Waals surface area contributed by atoms with Gasteiger partial charge in [0.05, 0.1) is 4.90 Å². The molecule has 4 N–H and O–H groups in total. The van der Waals surface area contributed by atoms with Crippen LogP contribution in [-0.2, 0) is 24.3 Å². The molecule has 2 aromatic carbocycles. The summed E-state index contributed by atoms with van der Waals surface area (Å²) in [5.74, 6) is -2.07. The van der Waals surface area contributed by atoms with Gasteiger partial charge in [0, 0.05) is 11.3 Å². The molecule has 2 atom stereocenters. The Morgan fingerprint density at radius 2 is 1.52 bits per heavy atom. The van der Waals surface area contributed by atoms with E-state index in [9.17, 15) is 22.8 Å². The Morgan fingerprint density at radius 1 is 0.935 bits per heavy atom. The van der Waals surface area contributed by atoms with Crippen molar-refractivity contribution in [3.05, 3.63) is 60.2 Å². The first-order valence-electron chi connectivity index (χ1n) is 9.49. The molecule has 9 nitrogen and oxygen atoms in total. The van der Waals surface area contributed by atoms with Crippen LogP contribution < -0.4 is 15.8 Å². The average Bonchev–Trinajstić information content (AvgIpc) is 2.71. The maximum atomic E-state index is 12.6. The zero-order valence-electron chi connectivity index (χ0n) is 17.4. The molecular formula is C21H25N3O6S. The van der Waals surface area contributed by atoms with Gasteiger partial charge in [-0.15, -0.1) is 0 Å². The number of carbonyl (C=O) groups excluding carboxylic acids is 3. The minimum absolute atomic E-state index is 0.0982. The van der Waals surface area contributed by atoms with E-state index < -0.39 is 40.0 Å². The Hall–Kier alpha value is -3.24. The maximum Gasteiger partial charge on any atom is 0.329 e. The van der Waals surface area contributed by atoms with Crippen LogP contribution in [0.15, 0.2) is 59.5 Å². The molecule has 10 heteroatoms. The van der Waals surface area contributed by atoms with E-state index in [4.69, 9.17) is 9.88 Å². The summed E-state index contributed by atoms with van der Waals surface area (Å²) in [6, 6.07) is 12.7. The van der Waals surface area contributed by atoms with Gasteiger partial charge in [-0.3, -0.25) is 9.59 Å². The second-order valence-electron chi connectivity index (χ2n) is 7.20. The molecule has 0 saturated heterocycles. The maximum absolute atomic E-state index is 12.6. The van der Waals surface area contributed by atoms with Gasteiger partial charge in [-0.2, -0.15) is 0 Å². The number of nitrogens with two attached hydrogens (primary N) is 1. The zero-order valence-corrected chi connectivity index (χ0v) is 18.2. The summed E-state index contributed by atoms with van der Waals surface area (Å²) in [4.78, 5) is 37.2. The summed E-state index contributed by atoms with van der Waals surface area (Å²) in [6.07, 6.45) is -1.15. The highest BCUT2D eigenvalue weighted by atomic mass is 32.2. The predicted octanol–water partition coefficient (Wildman–Crippen LogP) is 1.66. The van der Waals surface area contributed by atoms with Crippen LogP contribution in [0.1, 0.15) is 31.1 Å². The number of benzene rings is 2. The summed E-state index contributed by atoms with van der Waals surface area (Å²) in [5, 5.41) is 10.2. The van der Waals surface area contributed by atoms with E-state index in [-0.39, 0.29) is 10.8 Å². The van der Waals surface area contributed by atoms with Gasteiger partial charge in [0.2, 0.25) is 10.0 Å². The number of esters is 1. The molecule has 31 heavy (non-hydrogen) atoms. The molecule has 0 aliphatic rings. The molecule has 2 rings (SSSR count). The van der Waals surface area contributed by atoms with Crippen molar-refractivity contribution in [2.75, 3.05) is 5.32 Å². The van der Waals surface area contributed by atoms with E-state index in [0.717, 1.165) is 0 Å². The first-order chi connectivity index (χ1) is 14.5. The van der Waals surface area contributed by atoms with Crippen molar-refractivity contribution in [1.82, 2.24) is 5.32 Å². The Balaban J connectivity index is 1.99. The first-order valence-corrected chi connectivity index (χ1v) is 11.0. The van der Waals surface area contributed by atoms with Crippen molar-refractivity contribution < 1.29 is 27.5 Å². The lowest BCUT2D eigenvalue weighted by molar-refractivity contribution is -0.156. The lowest BCUT2D eigenvalue weighted by atomic mass is 10.0. The molecule has 2 aromatic rings. The highest BCUT2D eigenvalue weighted by molar-refractivity contribution is 7.89. The quantitative estimate of drug-likeness (QED) is 0.525. The molecule has 2 amide bonds. The molecule has 0 aliphatic carbocycles. The fraction of sp³-hybridized carbons (Fsp3) is 0.286. The van der Waals surface area contributed by atoms with Gasteiger partial charge in [-0.25, -0.2) is 18.4 Å². The highest BCUT2D eigenvalue weighted by Crippen LogP contribution is 2.14. The van der Waals surface area contributed by atoms with E-state index in [1.165, 1.54) is 31.2 Å². The summed E-state index contributed by atoms with van der Waals surface area (Å²) in [6.45, 7) is 4.88. The monoisotopic (exact) mass is 447 g/mol. The number of nitrogens with one attached hydrogen (secondary N) is 2. The molecule has 0 radical (unpaired) electrons. The Kier molecular flexibility index (Phi) is 7.89. The summed E-state index contributed by atoms with van der Waals surface area (Å²) in [7, 11) is -3.84. The van der Waals surface area contributed by atoms with E-state index in [1.54, 1.807) is 44.2 Å². The van der Waals surface area contributed by atoms with Crippen LogP contribution in [0.25, 0.3) is 0 Å². The molecule has 0 saturated carbocycles. The van der Waals surface area contributed by atoms with Gasteiger partial charge in [0.25, 0.3) is 11.8 Å². The molecule has 166 valence electrons. The van der Waals surface area contributed by atoms with Crippen molar-refractivity contribution in [2.24, 2.45) is 11.1 Å². The lowest BCUT2D eigenvalue weighted by Crippen LogP contribution is -2.47. The smallest absolute Gasteiger partial charge is 0.329 e. The van der Waals surface area contributed by atoms with Crippen LogP contribution in [0.3, 0.4) is 0 Å². The number of carbonyl (C=O) groups is 3. The van der Waals surface area contributed by atoms with Crippen molar-refractivity contribution >= 4 is 33.5 Å². The van der Waals surface area contributed by atoms with Crippen LogP contribution in [0.5, 0.6) is 0 Å². The van der Waals surface area contributed by atoms with Gasteiger partial charge in [-0.05, 0) is 49.2 Å². The van der Waals surface area contributed by atoms with Crippen LogP contribution in [0.4, 0.5) is 5.69 Å². The van der Waals surface area contributed by atoms with Crippen molar-refractivity contribution in [3.8, 4) is 0 Å². The van der Waals surface area contributed by atoms with Crippen molar-refractivity contribution in [2.45, 2.75) is 37.8 Å². The topological polar surface area (TPSA) is 145 Å². The number of sulfonamides is 1. The summed E-state index contributed by atoms with van der Waals surface area (Å²) in [5.41, 5.74) is 0.702. The third-order valence-electron chi connectivity index (χ3n) is 4.36. The Bertz CT molecular complexity index is 1040. The summed E-state index contributed by atoms with van der Waals surface area (Å²) < 4.78 is 27.8. The molecular weight excluding hydrogens is 422 g/mol. The molecule has 0 heterocycles. The van der Waals surface area contributed by atoms with E-state index >= 15 is 0 Å². The number of hydrogen-bond donors (Lipinski definition) is 3. The predicted molar refractivity (Wildman–Crippen MR) is 115 cm³/mol. The molecule has 0 aromatic heterocycles. The summed E-state index contributed by atoms with van der Waals surface area (Å²) >= 11 is 0. The lowest BCUT2D eigenvalue weighted by Gasteiger charge is -2.23. The van der Waals surface area contributed by atoms with Gasteiger partial charge >= 0.3 is 5.97 Å².